The summed E-state index contributed by atoms with van der Waals surface area (Å²) in [5, 5.41) is 10.1. The van der Waals surface area contributed by atoms with Crippen molar-refractivity contribution in [1.82, 2.24) is 4.90 Å². The second-order valence-corrected chi connectivity index (χ2v) is 5.82. The third kappa shape index (κ3) is 3.87. The molecule has 1 atom stereocenters. The largest absolute Gasteiger partial charge is 0.508 e. The predicted molar refractivity (Wildman–Crippen MR) is 88.1 cm³/mol. The second-order valence-electron chi connectivity index (χ2n) is 5.82. The molecule has 1 saturated heterocycles. The smallest absolute Gasteiger partial charge is 0.118 e. The topological polar surface area (TPSA) is 32.7 Å². The number of benzene rings is 2. The number of ether oxygens (including phenoxy) is 1. The van der Waals surface area contributed by atoms with E-state index < -0.39 is 0 Å². The summed E-state index contributed by atoms with van der Waals surface area (Å²) in [4.78, 5) is 2.49. The molecule has 116 valence electrons. The maximum absolute atomic E-state index is 10.1. The van der Waals surface area contributed by atoms with Gasteiger partial charge in [-0.2, -0.15) is 0 Å². The number of phenolic OH excluding ortho intramolecular Hbond substituents is 1. The monoisotopic (exact) mass is 297 g/mol. The Bertz CT molecular complexity index is 579. The molecule has 0 radical (unpaired) electrons. The SMILES string of the molecule is Oc1ccccc1CC(Cc1ccccc1)N1CCOCC1. The zero-order valence-corrected chi connectivity index (χ0v) is 12.8. The summed E-state index contributed by atoms with van der Waals surface area (Å²) in [6.45, 7) is 3.52. The Balaban J connectivity index is 1.77. The van der Waals surface area contributed by atoms with Gasteiger partial charge in [-0.3, -0.25) is 4.90 Å². The molecule has 1 heterocycles. The molecule has 22 heavy (non-hydrogen) atoms. The third-order valence-electron chi connectivity index (χ3n) is 4.32. The van der Waals surface area contributed by atoms with E-state index in [-0.39, 0.29) is 0 Å². The Morgan fingerprint density at radius 3 is 2.32 bits per heavy atom. The van der Waals surface area contributed by atoms with E-state index in [9.17, 15) is 5.11 Å². The molecular formula is C19H23NO2. The number of hydrogen-bond donors (Lipinski definition) is 1. The molecule has 1 N–H and O–H groups in total. The Morgan fingerprint density at radius 2 is 1.59 bits per heavy atom. The second kappa shape index (κ2) is 7.43. The van der Waals surface area contributed by atoms with Crippen LogP contribution in [0.25, 0.3) is 0 Å². The van der Waals surface area contributed by atoms with Gasteiger partial charge in [0.25, 0.3) is 0 Å². The number of nitrogens with zero attached hydrogens (tertiary/aromatic N) is 1. The van der Waals surface area contributed by atoms with Gasteiger partial charge < -0.3 is 9.84 Å². The average molecular weight is 297 g/mol. The lowest BCUT2D eigenvalue weighted by atomic mass is 9.96. The van der Waals surface area contributed by atoms with E-state index in [4.69, 9.17) is 4.74 Å². The van der Waals surface area contributed by atoms with Gasteiger partial charge in [0.05, 0.1) is 13.2 Å². The fraction of sp³-hybridized carbons (Fsp3) is 0.368. The summed E-state index contributed by atoms with van der Waals surface area (Å²) in [5.41, 5.74) is 2.37. The molecule has 3 rings (SSSR count). The Hall–Kier alpha value is -1.84. The minimum atomic E-state index is 0.389. The number of aromatic hydroxyl groups is 1. The summed E-state index contributed by atoms with van der Waals surface area (Å²) in [7, 11) is 0. The fourth-order valence-corrected chi connectivity index (χ4v) is 3.10. The van der Waals surface area contributed by atoms with Crippen molar-refractivity contribution in [3.63, 3.8) is 0 Å². The zero-order valence-electron chi connectivity index (χ0n) is 12.8. The lowest BCUT2D eigenvalue weighted by Gasteiger charge is -2.35. The van der Waals surface area contributed by atoms with E-state index in [1.165, 1.54) is 5.56 Å². The van der Waals surface area contributed by atoms with Gasteiger partial charge in [0, 0.05) is 19.1 Å². The average Bonchev–Trinajstić information content (AvgIpc) is 2.58. The summed E-state index contributed by atoms with van der Waals surface area (Å²) < 4.78 is 5.48. The molecule has 0 saturated carbocycles. The molecule has 0 aliphatic carbocycles. The molecule has 3 heteroatoms. The van der Waals surface area contributed by atoms with Crippen molar-refractivity contribution in [2.24, 2.45) is 0 Å². The zero-order chi connectivity index (χ0) is 15.2. The van der Waals surface area contributed by atoms with E-state index in [0.717, 1.165) is 44.7 Å². The van der Waals surface area contributed by atoms with Crippen molar-refractivity contribution in [2.45, 2.75) is 18.9 Å². The maximum atomic E-state index is 10.1. The van der Waals surface area contributed by atoms with Gasteiger partial charge in [-0.15, -0.1) is 0 Å². The predicted octanol–water partition coefficient (Wildman–Crippen LogP) is 2.88. The number of rotatable bonds is 5. The van der Waals surface area contributed by atoms with Crippen LogP contribution in [0.5, 0.6) is 5.75 Å². The molecule has 3 nitrogen and oxygen atoms in total. The lowest BCUT2D eigenvalue weighted by molar-refractivity contribution is 0.0165. The summed E-state index contributed by atoms with van der Waals surface area (Å²) in [6, 6.07) is 18.6. The van der Waals surface area contributed by atoms with Gasteiger partial charge in [-0.25, -0.2) is 0 Å². The molecule has 0 amide bonds. The molecule has 1 aliphatic rings. The van der Waals surface area contributed by atoms with E-state index in [0.29, 0.717) is 11.8 Å². The first-order valence-electron chi connectivity index (χ1n) is 7.95. The van der Waals surface area contributed by atoms with Crippen molar-refractivity contribution < 1.29 is 9.84 Å². The van der Waals surface area contributed by atoms with E-state index in [1.54, 1.807) is 6.07 Å². The highest BCUT2D eigenvalue weighted by Gasteiger charge is 2.22. The first-order chi connectivity index (χ1) is 10.8. The highest BCUT2D eigenvalue weighted by molar-refractivity contribution is 5.32. The molecule has 1 aliphatic heterocycles. The van der Waals surface area contributed by atoms with Crippen molar-refractivity contribution in [3.8, 4) is 5.75 Å². The van der Waals surface area contributed by atoms with Gasteiger partial charge in [0.15, 0.2) is 0 Å². The molecule has 1 unspecified atom stereocenters. The van der Waals surface area contributed by atoms with Crippen LogP contribution < -0.4 is 0 Å². The Morgan fingerprint density at radius 1 is 0.909 bits per heavy atom. The van der Waals surface area contributed by atoms with Crippen LogP contribution in [-0.4, -0.2) is 42.4 Å². The Kier molecular flexibility index (Phi) is 5.09. The number of phenols is 1. The highest BCUT2D eigenvalue weighted by atomic mass is 16.5. The van der Waals surface area contributed by atoms with E-state index >= 15 is 0 Å². The van der Waals surface area contributed by atoms with Crippen LogP contribution in [0.15, 0.2) is 54.6 Å². The van der Waals surface area contributed by atoms with Crippen molar-refractivity contribution >= 4 is 0 Å². The van der Waals surface area contributed by atoms with Crippen molar-refractivity contribution in [1.29, 1.82) is 0 Å². The third-order valence-corrected chi connectivity index (χ3v) is 4.32. The van der Waals surface area contributed by atoms with Crippen LogP contribution >= 0.6 is 0 Å². The summed E-state index contributed by atoms with van der Waals surface area (Å²) >= 11 is 0. The molecule has 0 aromatic heterocycles. The van der Waals surface area contributed by atoms with E-state index in [2.05, 4.69) is 35.2 Å². The van der Waals surface area contributed by atoms with Gasteiger partial charge in [0.2, 0.25) is 0 Å². The van der Waals surface area contributed by atoms with Gasteiger partial charge in [-0.1, -0.05) is 48.5 Å². The number of para-hydroxylation sites is 1. The number of hydrogen-bond acceptors (Lipinski definition) is 3. The van der Waals surface area contributed by atoms with Gasteiger partial charge >= 0.3 is 0 Å². The molecule has 2 aromatic rings. The van der Waals surface area contributed by atoms with Gasteiger partial charge in [0.1, 0.15) is 5.75 Å². The first kappa shape index (κ1) is 15.1. The quantitative estimate of drug-likeness (QED) is 0.921. The lowest BCUT2D eigenvalue weighted by Crippen LogP contribution is -2.45. The van der Waals surface area contributed by atoms with Crippen molar-refractivity contribution in [2.75, 3.05) is 26.3 Å². The maximum Gasteiger partial charge on any atom is 0.118 e. The standard InChI is InChI=1S/C19H23NO2/c21-19-9-5-4-8-17(19)15-18(20-10-12-22-13-11-20)14-16-6-2-1-3-7-16/h1-9,18,21H,10-15H2. The highest BCUT2D eigenvalue weighted by Crippen LogP contribution is 2.22. The van der Waals surface area contributed by atoms with Crippen LogP contribution in [0.2, 0.25) is 0 Å². The van der Waals surface area contributed by atoms with Crippen molar-refractivity contribution in [3.05, 3.63) is 65.7 Å². The minimum absolute atomic E-state index is 0.389. The van der Waals surface area contributed by atoms with Crippen LogP contribution in [0.1, 0.15) is 11.1 Å². The fourth-order valence-electron chi connectivity index (χ4n) is 3.10. The van der Waals surface area contributed by atoms with Crippen LogP contribution in [-0.2, 0) is 17.6 Å². The molecule has 1 fully saturated rings. The van der Waals surface area contributed by atoms with Gasteiger partial charge in [-0.05, 0) is 30.0 Å². The summed E-state index contributed by atoms with van der Waals surface area (Å²) in [6.07, 6.45) is 1.86. The number of morpholine rings is 1. The molecule has 0 bridgehead atoms. The van der Waals surface area contributed by atoms with E-state index in [1.807, 2.05) is 18.2 Å². The van der Waals surface area contributed by atoms with Crippen LogP contribution in [0.4, 0.5) is 0 Å². The molecule has 2 aromatic carbocycles. The van der Waals surface area contributed by atoms with Crippen LogP contribution in [0.3, 0.4) is 0 Å². The normalized spacial score (nSPS) is 17.3. The summed E-state index contributed by atoms with van der Waals surface area (Å²) in [5.74, 6) is 0.397. The molecule has 0 spiro atoms. The minimum Gasteiger partial charge on any atom is -0.508 e. The first-order valence-corrected chi connectivity index (χ1v) is 7.95. The molecular weight excluding hydrogens is 274 g/mol. The van der Waals surface area contributed by atoms with Crippen LogP contribution in [0, 0.1) is 0 Å². The Labute approximate surface area is 132 Å².